The topological polar surface area (TPSA) is 89.7 Å². The second-order valence-corrected chi connectivity index (χ2v) is 5.60. The Morgan fingerprint density at radius 1 is 1.19 bits per heavy atom. The molecule has 21 heavy (non-hydrogen) atoms. The van der Waals surface area contributed by atoms with E-state index in [9.17, 15) is 14.9 Å². The van der Waals surface area contributed by atoms with Crippen LogP contribution in [0, 0.1) is 10.1 Å². The number of nitro groups is 1. The van der Waals surface area contributed by atoms with Crippen molar-refractivity contribution < 1.29 is 19.6 Å². The van der Waals surface area contributed by atoms with Gasteiger partial charge in [0.25, 0.3) is 5.69 Å². The van der Waals surface area contributed by atoms with Crippen LogP contribution >= 0.6 is 31.9 Å². The third-order valence-corrected chi connectivity index (χ3v) is 3.82. The SMILES string of the molecule is O=C(O)c1ccc(Br)cc1Oc1cccc([N+](=O)[O-])c1Br. The van der Waals surface area contributed by atoms with E-state index in [0.29, 0.717) is 4.47 Å². The molecule has 2 rings (SSSR count). The number of benzene rings is 2. The van der Waals surface area contributed by atoms with Crippen LogP contribution in [0.15, 0.2) is 45.3 Å². The summed E-state index contributed by atoms with van der Waals surface area (Å²) in [4.78, 5) is 21.5. The molecule has 0 saturated heterocycles. The number of nitro benzene ring substituents is 1. The zero-order chi connectivity index (χ0) is 15.6. The largest absolute Gasteiger partial charge is 0.478 e. The Morgan fingerprint density at radius 3 is 2.52 bits per heavy atom. The van der Waals surface area contributed by atoms with E-state index < -0.39 is 10.9 Å². The number of carboxylic acids is 1. The predicted octanol–water partition coefficient (Wildman–Crippen LogP) is 4.61. The van der Waals surface area contributed by atoms with Gasteiger partial charge in [-0.1, -0.05) is 22.0 Å². The lowest BCUT2D eigenvalue weighted by atomic mass is 10.2. The molecule has 0 heterocycles. The molecule has 0 aliphatic heterocycles. The van der Waals surface area contributed by atoms with Gasteiger partial charge in [0.15, 0.2) is 0 Å². The molecule has 6 nitrogen and oxygen atoms in total. The third-order valence-electron chi connectivity index (χ3n) is 2.53. The fourth-order valence-electron chi connectivity index (χ4n) is 1.59. The zero-order valence-corrected chi connectivity index (χ0v) is 13.4. The Kier molecular flexibility index (Phi) is 4.59. The second-order valence-electron chi connectivity index (χ2n) is 3.89. The molecule has 0 radical (unpaired) electrons. The van der Waals surface area contributed by atoms with Crippen molar-refractivity contribution in [1.82, 2.24) is 0 Å². The average molecular weight is 417 g/mol. The maximum Gasteiger partial charge on any atom is 0.339 e. The average Bonchev–Trinajstić information content (AvgIpc) is 2.40. The molecule has 0 saturated carbocycles. The van der Waals surface area contributed by atoms with Gasteiger partial charge in [-0.25, -0.2) is 4.79 Å². The Balaban J connectivity index is 2.48. The maximum absolute atomic E-state index is 11.2. The molecule has 0 amide bonds. The molecule has 0 aliphatic carbocycles. The minimum absolute atomic E-state index is 0.0448. The molecule has 2 aromatic rings. The van der Waals surface area contributed by atoms with Crippen LogP contribution in [-0.4, -0.2) is 16.0 Å². The van der Waals surface area contributed by atoms with Gasteiger partial charge >= 0.3 is 5.97 Å². The van der Waals surface area contributed by atoms with Gasteiger partial charge in [-0.2, -0.15) is 0 Å². The summed E-state index contributed by atoms with van der Waals surface area (Å²) >= 11 is 6.32. The highest BCUT2D eigenvalue weighted by Crippen LogP contribution is 2.38. The van der Waals surface area contributed by atoms with E-state index in [1.165, 1.54) is 30.3 Å². The third kappa shape index (κ3) is 3.40. The van der Waals surface area contributed by atoms with E-state index in [4.69, 9.17) is 9.84 Å². The van der Waals surface area contributed by atoms with Crippen LogP contribution in [0.2, 0.25) is 0 Å². The van der Waals surface area contributed by atoms with Crippen LogP contribution in [0.5, 0.6) is 11.5 Å². The van der Waals surface area contributed by atoms with E-state index in [-0.39, 0.29) is 27.2 Å². The van der Waals surface area contributed by atoms with Crippen molar-refractivity contribution >= 4 is 43.5 Å². The molecule has 0 unspecified atom stereocenters. The van der Waals surface area contributed by atoms with Crippen LogP contribution in [0.1, 0.15) is 10.4 Å². The second kappa shape index (κ2) is 6.23. The minimum atomic E-state index is -1.15. The predicted molar refractivity (Wildman–Crippen MR) is 82.0 cm³/mol. The Morgan fingerprint density at radius 2 is 1.90 bits per heavy atom. The van der Waals surface area contributed by atoms with Crippen LogP contribution in [0.4, 0.5) is 5.69 Å². The van der Waals surface area contributed by atoms with Crippen molar-refractivity contribution in [2.24, 2.45) is 0 Å². The summed E-state index contributed by atoms with van der Waals surface area (Å²) in [6.45, 7) is 0. The fourth-order valence-corrected chi connectivity index (χ4v) is 2.42. The maximum atomic E-state index is 11.2. The van der Waals surface area contributed by atoms with Gasteiger partial charge in [0.05, 0.1) is 4.92 Å². The standard InChI is InChI=1S/C13H7Br2NO5/c14-7-4-5-8(13(17)18)11(6-7)21-10-3-1-2-9(12(10)15)16(19)20/h1-6H,(H,17,18). The van der Waals surface area contributed by atoms with Crippen molar-refractivity contribution in [3.63, 3.8) is 0 Å². The van der Waals surface area contributed by atoms with E-state index in [0.717, 1.165) is 0 Å². The summed E-state index contributed by atoms with van der Waals surface area (Å²) < 4.78 is 6.28. The quantitative estimate of drug-likeness (QED) is 0.580. The van der Waals surface area contributed by atoms with Gasteiger partial charge < -0.3 is 9.84 Å². The number of rotatable bonds is 4. The highest BCUT2D eigenvalue weighted by Gasteiger charge is 2.19. The number of halogens is 2. The Hall–Kier alpha value is -1.93. The van der Waals surface area contributed by atoms with E-state index in [2.05, 4.69) is 31.9 Å². The van der Waals surface area contributed by atoms with Crippen LogP contribution in [-0.2, 0) is 0 Å². The smallest absolute Gasteiger partial charge is 0.339 e. The first kappa shape index (κ1) is 15.5. The van der Waals surface area contributed by atoms with Gasteiger partial charge in [-0.05, 0) is 40.2 Å². The number of ether oxygens (including phenoxy) is 1. The first-order valence-electron chi connectivity index (χ1n) is 5.53. The molecule has 0 aliphatic rings. The Bertz CT molecular complexity index is 732. The van der Waals surface area contributed by atoms with Gasteiger partial charge in [0.2, 0.25) is 0 Å². The van der Waals surface area contributed by atoms with Crippen LogP contribution in [0.3, 0.4) is 0 Å². The molecule has 2 aromatic carbocycles. The highest BCUT2D eigenvalue weighted by molar-refractivity contribution is 9.11. The van der Waals surface area contributed by atoms with Crippen molar-refractivity contribution in [2.45, 2.75) is 0 Å². The molecule has 1 N–H and O–H groups in total. The molecule has 0 atom stereocenters. The van der Waals surface area contributed by atoms with Crippen molar-refractivity contribution in [3.8, 4) is 11.5 Å². The van der Waals surface area contributed by atoms with Gasteiger partial charge in [-0.15, -0.1) is 0 Å². The summed E-state index contributed by atoms with van der Waals surface area (Å²) in [5.41, 5.74) is -0.212. The van der Waals surface area contributed by atoms with E-state index in [1.807, 2.05) is 0 Å². The summed E-state index contributed by atoms with van der Waals surface area (Å²) in [5, 5.41) is 20.0. The van der Waals surface area contributed by atoms with Gasteiger partial charge in [0, 0.05) is 10.5 Å². The van der Waals surface area contributed by atoms with Crippen molar-refractivity contribution in [1.29, 1.82) is 0 Å². The first-order chi connectivity index (χ1) is 9.90. The Labute approximate surface area is 135 Å². The lowest BCUT2D eigenvalue weighted by molar-refractivity contribution is -0.385. The van der Waals surface area contributed by atoms with Crippen molar-refractivity contribution in [2.75, 3.05) is 0 Å². The summed E-state index contributed by atoms with van der Waals surface area (Å²) in [7, 11) is 0. The monoisotopic (exact) mass is 415 g/mol. The molecular formula is C13H7Br2NO5. The number of hydrogen-bond acceptors (Lipinski definition) is 4. The minimum Gasteiger partial charge on any atom is -0.478 e. The number of nitrogens with zero attached hydrogens (tertiary/aromatic N) is 1. The number of carbonyl (C=O) groups is 1. The first-order valence-corrected chi connectivity index (χ1v) is 7.12. The lowest BCUT2D eigenvalue weighted by Gasteiger charge is -2.10. The molecule has 8 heteroatoms. The van der Waals surface area contributed by atoms with Crippen LogP contribution in [0.25, 0.3) is 0 Å². The van der Waals surface area contributed by atoms with Gasteiger partial charge in [0.1, 0.15) is 21.5 Å². The van der Waals surface area contributed by atoms with Gasteiger partial charge in [-0.3, -0.25) is 10.1 Å². The zero-order valence-electron chi connectivity index (χ0n) is 10.2. The number of carboxylic acid groups (broad SMARTS) is 1. The van der Waals surface area contributed by atoms with Crippen LogP contribution < -0.4 is 4.74 Å². The number of aromatic carboxylic acids is 1. The van der Waals surface area contributed by atoms with Crippen molar-refractivity contribution in [3.05, 3.63) is 61.0 Å². The summed E-state index contributed by atoms with van der Waals surface area (Å²) in [6.07, 6.45) is 0. The summed E-state index contributed by atoms with van der Waals surface area (Å²) in [5.74, 6) is -0.915. The molecular weight excluding hydrogens is 410 g/mol. The molecule has 0 spiro atoms. The van der Waals surface area contributed by atoms with E-state index in [1.54, 1.807) is 6.07 Å². The fraction of sp³-hybridized carbons (Fsp3) is 0. The number of hydrogen-bond donors (Lipinski definition) is 1. The normalized spacial score (nSPS) is 10.2. The molecule has 0 aromatic heterocycles. The lowest BCUT2D eigenvalue weighted by Crippen LogP contribution is -2.00. The molecule has 0 bridgehead atoms. The summed E-state index contributed by atoms with van der Waals surface area (Å²) in [6, 6.07) is 8.71. The molecule has 108 valence electrons. The highest BCUT2D eigenvalue weighted by atomic mass is 79.9. The van der Waals surface area contributed by atoms with E-state index >= 15 is 0 Å². The molecule has 0 fully saturated rings.